The molecule has 0 aromatic carbocycles. The van der Waals surface area contributed by atoms with Gasteiger partial charge < -0.3 is 20.0 Å². The van der Waals surface area contributed by atoms with E-state index in [0.717, 1.165) is 4.73 Å². The Hall–Kier alpha value is -3.36. The summed E-state index contributed by atoms with van der Waals surface area (Å²) in [6.07, 6.45) is 0. The van der Waals surface area contributed by atoms with E-state index < -0.39 is 17.4 Å². The zero-order valence-corrected chi connectivity index (χ0v) is 13.1. The van der Waals surface area contributed by atoms with Crippen LogP contribution in [0.25, 0.3) is 0 Å². The van der Waals surface area contributed by atoms with E-state index >= 15 is 0 Å². The van der Waals surface area contributed by atoms with Gasteiger partial charge >= 0.3 is 0 Å². The molecule has 0 saturated carbocycles. The minimum absolute atomic E-state index is 0.00800. The van der Waals surface area contributed by atoms with Gasteiger partial charge in [0.15, 0.2) is 0 Å². The number of nitrogens with one attached hydrogen (secondary N) is 2. The Labute approximate surface area is 136 Å². The highest BCUT2D eigenvalue weighted by molar-refractivity contribution is 5.94. The molecule has 0 aliphatic heterocycles. The van der Waals surface area contributed by atoms with Gasteiger partial charge in [0.25, 0.3) is 22.9 Å². The molecule has 2 aromatic rings. The van der Waals surface area contributed by atoms with Crippen molar-refractivity contribution in [3.63, 3.8) is 0 Å². The van der Waals surface area contributed by atoms with Crippen LogP contribution in [-0.2, 0) is 7.05 Å². The fraction of sp³-hybridized carbons (Fsp3) is 0.200. The number of pyridine rings is 2. The quantitative estimate of drug-likeness (QED) is 0.663. The van der Waals surface area contributed by atoms with Gasteiger partial charge in [-0.15, -0.1) is 4.73 Å². The average Bonchev–Trinajstić information content (AvgIpc) is 2.56. The van der Waals surface area contributed by atoms with Crippen molar-refractivity contribution in [1.82, 2.24) is 19.9 Å². The number of amides is 2. The lowest BCUT2D eigenvalue weighted by molar-refractivity contribution is 0.0868. The summed E-state index contributed by atoms with van der Waals surface area (Å²) in [5.74, 6) is -1.12. The Bertz CT molecular complexity index is 884. The van der Waals surface area contributed by atoms with Crippen LogP contribution in [0.1, 0.15) is 21.0 Å². The van der Waals surface area contributed by atoms with Gasteiger partial charge in [0.1, 0.15) is 18.5 Å². The Kier molecular flexibility index (Phi) is 5.15. The Morgan fingerprint density at radius 1 is 0.958 bits per heavy atom. The molecule has 0 aliphatic rings. The molecule has 0 unspecified atom stereocenters. The van der Waals surface area contributed by atoms with Gasteiger partial charge in [-0.05, 0) is 12.1 Å². The van der Waals surface area contributed by atoms with Gasteiger partial charge in [-0.1, -0.05) is 12.1 Å². The molecule has 0 radical (unpaired) electrons. The number of carbonyl (C=O) groups excluding carboxylic acids is 2. The molecule has 2 aromatic heterocycles. The van der Waals surface area contributed by atoms with E-state index in [0.29, 0.717) is 0 Å². The number of aromatic nitrogens is 2. The molecule has 0 bridgehead atoms. The van der Waals surface area contributed by atoms with Crippen molar-refractivity contribution in [3.05, 3.63) is 68.5 Å². The van der Waals surface area contributed by atoms with Gasteiger partial charge in [0.05, 0.1) is 6.67 Å². The van der Waals surface area contributed by atoms with Crippen LogP contribution in [0.5, 0.6) is 0 Å². The average molecular weight is 332 g/mol. The number of nitrogens with zero attached hydrogens (tertiary/aromatic N) is 2. The molecule has 24 heavy (non-hydrogen) atoms. The zero-order valence-electron chi connectivity index (χ0n) is 13.1. The summed E-state index contributed by atoms with van der Waals surface area (Å²) in [7, 11) is 2.73. The van der Waals surface area contributed by atoms with Crippen LogP contribution in [0.2, 0.25) is 0 Å². The first-order valence-corrected chi connectivity index (χ1v) is 6.94. The standard InChI is InChI=1S/C15H16N4O5/c1-18-10(5-3-7-12(18)20)14(22)16-9-17-15(23)11-6-4-8-13(21)19(11)24-2/h3-8H,9H2,1-2H3,(H,16,22)(H,17,23). The highest BCUT2D eigenvalue weighted by Gasteiger charge is 2.13. The van der Waals surface area contributed by atoms with Gasteiger partial charge in [0.2, 0.25) is 0 Å². The fourth-order valence-electron chi connectivity index (χ4n) is 2.01. The first-order chi connectivity index (χ1) is 11.5. The van der Waals surface area contributed by atoms with Gasteiger partial charge in [-0.3, -0.25) is 19.2 Å². The number of hydrogen-bond donors (Lipinski definition) is 2. The second-order valence-corrected chi connectivity index (χ2v) is 4.72. The first kappa shape index (κ1) is 17.0. The molecule has 0 atom stereocenters. The van der Waals surface area contributed by atoms with Crippen molar-refractivity contribution in [2.24, 2.45) is 7.05 Å². The third kappa shape index (κ3) is 3.51. The molecule has 2 rings (SSSR count). The molecular formula is C15H16N4O5. The van der Waals surface area contributed by atoms with Crippen molar-refractivity contribution < 1.29 is 14.4 Å². The summed E-state index contributed by atoms with van der Waals surface area (Å²) in [6, 6.07) is 8.36. The van der Waals surface area contributed by atoms with Crippen molar-refractivity contribution >= 4 is 11.8 Å². The molecule has 2 amide bonds. The minimum atomic E-state index is -0.600. The molecular weight excluding hydrogens is 316 g/mol. The van der Waals surface area contributed by atoms with E-state index in [9.17, 15) is 19.2 Å². The predicted molar refractivity (Wildman–Crippen MR) is 84.7 cm³/mol. The molecule has 9 nitrogen and oxygen atoms in total. The summed E-state index contributed by atoms with van der Waals surface area (Å²) in [4.78, 5) is 52.0. The monoisotopic (exact) mass is 332 g/mol. The second-order valence-electron chi connectivity index (χ2n) is 4.72. The van der Waals surface area contributed by atoms with E-state index in [-0.39, 0.29) is 23.6 Å². The minimum Gasteiger partial charge on any atom is -0.413 e. The third-order valence-corrected chi connectivity index (χ3v) is 3.24. The molecule has 0 spiro atoms. The summed E-state index contributed by atoms with van der Waals surface area (Å²) in [5, 5.41) is 4.90. The van der Waals surface area contributed by atoms with Crippen LogP contribution in [-0.4, -0.2) is 34.9 Å². The zero-order chi connectivity index (χ0) is 17.7. The Morgan fingerprint density at radius 2 is 1.50 bits per heavy atom. The molecule has 9 heteroatoms. The van der Waals surface area contributed by atoms with Crippen LogP contribution in [0, 0.1) is 0 Å². The van der Waals surface area contributed by atoms with Gasteiger partial charge in [-0.25, -0.2) is 0 Å². The predicted octanol–water partition coefficient (Wildman–Crippen LogP) is -1.28. The number of rotatable bonds is 5. The summed E-state index contributed by atoms with van der Waals surface area (Å²) in [6.45, 7) is -0.187. The third-order valence-electron chi connectivity index (χ3n) is 3.24. The molecule has 0 aliphatic carbocycles. The molecule has 126 valence electrons. The molecule has 0 saturated heterocycles. The van der Waals surface area contributed by atoms with E-state index in [4.69, 9.17) is 4.84 Å². The number of carbonyl (C=O) groups is 2. The van der Waals surface area contributed by atoms with Crippen LogP contribution >= 0.6 is 0 Å². The van der Waals surface area contributed by atoms with Crippen LogP contribution in [0.3, 0.4) is 0 Å². The smallest absolute Gasteiger partial charge is 0.283 e. The maximum absolute atomic E-state index is 12.1. The maximum atomic E-state index is 12.1. The van der Waals surface area contributed by atoms with E-state index in [1.54, 1.807) is 0 Å². The summed E-state index contributed by atoms with van der Waals surface area (Å²) in [5.41, 5.74) is -0.662. The highest BCUT2D eigenvalue weighted by Crippen LogP contribution is 1.95. The van der Waals surface area contributed by atoms with E-state index in [1.807, 2.05) is 0 Å². The van der Waals surface area contributed by atoms with Crippen LogP contribution < -0.4 is 26.6 Å². The Balaban J connectivity index is 2.02. The van der Waals surface area contributed by atoms with Crippen LogP contribution in [0.4, 0.5) is 0 Å². The second kappa shape index (κ2) is 7.27. The van der Waals surface area contributed by atoms with E-state index in [1.165, 1.54) is 55.1 Å². The fourth-order valence-corrected chi connectivity index (χ4v) is 2.01. The van der Waals surface area contributed by atoms with Gasteiger partial charge in [-0.2, -0.15) is 0 Å². The lowest BCUT2D eigenvalue weighted by Crippen LogP contribution is -2.41. The van der Waals surface area contributed by atoms with Gasteiger partial charge in [0, 0.05) is 19.2 Å². The van der Waals surface area contributed by atoms with Crippen molar-refractivity contribution in [3.8, 4) is 0 Å². The van der Waals surface area contributed by atoms with Crippen molar-refractivity contribution in [2.45, 2.75) is 0 Å². The summed E-state index contributed by atoms with van der Waals surface area (Å²) < 4.78 is 2.02. The normalized spacial score (nSPS) is 10.1. The SMILES string of the molecule is COn1c(C(=O)NCNC(=O)c2cccc(=O)n2C)cccc1=O. The molecule has 0 fully saturated rings. The largest absolute Gasteiger partial charge is 0.413 e. The number of hydrogen-bond acceptors (Lipinski definition) is 5. The lowest BCUT2D eigenvalue weighted by atomic mass is 10.3. The van der Waals surface area contributed by atoms with Crippen molar-refractivity contribution in [2.75, 3.05) is 13.8 Å². The maximum Gasteiger partial charge on any atom is 0.283 e. The highest BCUT2D eigenvalue weighted by atomic mass is 16.6. The Morgan fingerprint density at radius 3 is 2.12 bits per heavy atom. The first-order valence-electron chi connectivity index (χ1n) is 6.94. The molecule has 2 heterocycles. The van der Waals surface area contributed by atoms with Crippen molar-refractivity contribution in [1.29, 1.82) is 0 Å². The van der Waals surface area contributed by atoms with E-state index in [2.05, 4.69) is 10.6 Å². The summed E-state index contributed by atoms with van der Waals surface area (Å²) >= 11 is 0. The molecule has 2 N–H and O–H groups in total. The topological polar surface area (TPSA) is 111 Å². The lowest BCUT2D eigenvalue weighted by Gasteiger charge is -2.12. The van der Waals surface area contributed by atoms with Crippen LogP contribution in [0.15, 0.2) is 46.0 Å².